The monoisotopic (exact) mass is 256 g/mol. The SMILES string of the molecule is C=CCSCCNC(C)C(=O)N1CCCCC1. The normalized spacial score (nSPS) is 17.8. The molecule has 17 heavy (non-hydrogen) atoms. The average molecular weight is 256 g/mol. The molecule has 98 valence electrons. The minimum Gasteiger partial charge on any atom is -0.341 e. The first-order chi connectivity index (χ1) is 8.25. The van der Waals surface area contributed by atoms with Gasteiger partial charge in [-0.3, -0.25) is 4.79 Å². The summed E-state index contributed by atoms with van der Waals surface area (Å²) >= 11 is 1.84. The Balaban J connectivity index is 2.14. The summed E-state index contributed by atoms with van der Waals surface area (Å²) in [6, 6.07) is -0.0440. The zero-order valence-corrected chi connectivity index (χ0v) is 11.6. The van der Waals surface area contributed by atoms with Crippen molar-refractivity contribution in [2.45, 2.75) is 32.2 Å². The standard InChI is InChI=1S/C13H24N2OS/c1-3-10-17-11-7-14-12(2)13(16)15-8-5-4-6-9-15/h3,12,14H,1,4-11H2,2H3. The summed E-state index contributed by atoms with van der Waals surface area (Å²) in [7, 11) is 0. The van der Waals surface area contributed by atoms with Gasteiger partial charge in [0, 0.05) is 31.1 Å². The highest BCUT2D eigenvalue weighted by Crippen LogP contribution is 2.09. The van der Waals surface area contributed by atoms with Gasteiger partial charge < -0.3 is 10.2 Å². The highest BCUT2D eigenvalue weighted by molar-refractivity contribution is 7.99. The Kier molecular flexibility index (Phi) is 7.37. The summed E-state index contributed by atoms with van der Waals surface area (Å²) in [6.07, 6.45) is 5.50. The molecule has 1 fully saturated rings. The Morgan fingerprint density at radius 2 is 2.18 bits per heavy atom. The van der Waals surface area contributed by atoms with Gasteiger partial charge in [-0.1, -0.05) is 6.08 Å². The van der Waals surface area contributed by atoms with Gasteiger partial charge in [0.1, 0.15) is 0 Å². The molecule has 0 aromatic carbocycles. The second-order valence-corrected chi connectivity index (χ2v) is 5.58. The Bertz CT molecular complexity index is 240. The molecule has 0 saturated carbocycles. The van der Waals surface area contributed by atoms with Crippen molar-refractivity contribution in [3.05, 3.63) is 12.7 Å². The predicted octanol–water partition coefficient (Wildman–Crippen LogP) is 1.90. The van der Waals surface area contributed by atoms with E-state index in [-0.39, 0.29) is 11.9 Å². The first kappa shape index (κ1) is 14.6. The third-order valence-corrected chi connectivity index (χ3v) is 3.93. The molecule has 0 aliphatic carbocycles. The quantitative estimate of drug-likeness (QED) is 0.558. The van der Waals surface area contributed by atoms with Gasteiger partial charge in [-0.05, 0) is 26.2 Å². The zero-order chi connectivity index (χ0) is 12.5. The summed E-state index contributed by atoms with van der Waals surface area (Å²) in [5.41, 5.74) is 0. The molecule has 0 aromatic rings. The lowest BCUT2D eigenvalue weighted by Gasteiger charge is -2.29. The molecule has 1 saturated heterocycles. The van der Waals surface area contributed by atoms with Crippen molar-refractivity contribution in [2.75, 3.05) is 31.1 Å². The fourth-order valence-electron chi connectivity index (χ4n) is 1.99. The van der Waals surface area contributed by atoms with Crippen LogP contribution >= 0.6 is 11.8 Å². The van der Waals surface area contributed by atoms with E-state index in [0.717, 1.165) is 44.0 Å². The van der Waals surface area contributed by atoms with Gasteiger partial charge in [0.15, 0.2) is 0 Å². The maximum atomic E-state index is 12.1. The Morgan fingerprint density at radius 3 is 2.82 bits per heavy atom. The maximum Gasteiger partial charge on any atom is 0.239 e. The molecule has 1 heterocycles. The summed E-state index contributed by atoms with van der Waals surface area (Å²) < 4.78 is 0. The highest BCUT2D eigenvalue weighted by Gasteiger charge is 2.21. The van der Waals surface area contributed by atoms with Gasteiger partial charge in [-0.25, -0.2) is 0 Å². The maximum absolute atomic E-state index is 12.1. The summed E-state index contributed by atoms with van der Waals surface area (Å²) in [6.45, 7) is 8.42. The number of nitrogens with zero attached hydrogens (tertiary/aromatic N) is 1. The molecule has 0 aromatic heterocycles. The van der Waals surface area contributed by atoms with Crippen molar-refractivity contribution >= 4 is 17.7 Å². The van der Waals surface area contributed by atoms with Crippen LogP contribution in [0.4, 0.5) is 0 Å². The van der Waals surface area contributed by atoms with Crippen LogP contribution < -0.4 is 5.32 Å². The van der Waals surface area contributed by atoms with Crippen LogP contribution in [0, 0.1) is 0 Å². The van der Waals surface area contributed by atoms with E-state index in [4.69, 9.17) is 0 Å². The van der Waals surface area contributed by atoms with E-state index < -0.39 is 0 Å². The van der Waals surface area contributed by atoms with Gasteiger partial charge in [0.25, 0.3) is 0 Å². The van der Waals surface area contributed by atoms with Crippen LogP contribution in [0.15, 0.2) is 12.7 Å². The minimum atomic E-state index is -0.0440. The van der Waals surface area contributed by atoms with Crippen molar-refractivity contribution in [3.63, 3.8) is 0 Å². The number of likely N-dealkylation sites (tertiary alicyclic amines) is 1. The molecule has 1 N–H and O–H groups in total. The summed E-state index contributed by atoms with van der Waals surface area (Å²) in [5, 5.41) is 3.29. The van der Waals surface area contributed by atoms with Gasteiger partial charge >= 0.3 is 0 Å². The molecular formula is C13H24N2OS. The number of carbonyl (C=O) groups is 1. The molecular weight excluding hydrogens is 232 g/mol. The molecule has 0 spiro atoms. The molecule has 1 atom stereocenters. The van der Waals surface area contributed by atoms with Gasteiger partial charge in [0.2, 0.25) is 5.91 Å². The van der Waals surface area contributed by atoms with Crippen LogP contribution in [0.3, 0.4) is 0 Å². The lowest BCUT2D eigenvalue weighted by Crippen LogP contribution is -2.47. The number of nitrogens with one attached hydrogen (secondary N) is 1. The van der Waals surface area contributed by atoms with Crippen LogP contribution in [0.5, 0.6) is 0 Å². The number of hydrogen-bond acceptors (Lipinski definition) is 3. The van der Waals surface area contributed by atoms with E-state index >= 15 is 0 Å². The fourth-order valence-corrected chi connectivity index (χ4v) is 2.59. The summed E-state index contributed by atoms with van der Waals surface area (Å²) in [5.74, 6) is 2.28. The van der Waals surface area contributed by atoms with E-state index in [1.807, 2.05) is 29.7 Å². The van der Waals surface area contributed by atoms with Crippen LogP contribution in [-0.2, 0) is 4.79 Å². The molecule has 4 heteroatoms. The number of amides is 1. The number of thioether (sulfide) groups is 1. The van der Waals surface area contributed by atoms with E-state index in [0.29, 0.717) is 0 Å². The number of hydrogen-bond donors (Lipinski definition) is 1. The Labute approximate surface area is 109 Å². The van der Waals surface area contributed by atoms with E-state index in [2.05, 4.69) is 11.9 Å². The van der Waals surface area contributed by atoms with Gasteiger partial charge in [-0.2, -0.15) is 11.8 Å². The second kappa shape index (κ2) is 8.59. The third kappa shape index (κ3) is 5.59. The molecule has 3 nitrogen and oxygen atoms in total. The predicted molar refractivity (Wildman–Crippen MR) is 75.4 cm³/mol. The topological polar surface area (TPSA) is 32.3 Å². The Morgan fingerprint density at radius 1 is 1.47 bits per heavy atom. The molecule has 1 unspecified atom stereocenters. The zero-order valence-electron chi connectivity index (χ0n) is 10.8. The highest BCUT2D eigenvalue weighted by atomic mass is 32.2. The Hall–Kier alpha value is -0.480. The van der Waals surface area contributed by atoms with Crippen LogP contribution in [0.25, 0.3) is 0 Å². The molecule has 1 amide bonds. The lowest BCUT2D eigenvalue weighted by atomic mass is 10.1. The van der Waals surface area contributed by atoms with E-state index in [9.17, 15) is 4.79 Å². The van der Waals surface area contributed by atoms with E-state index in [1.165, 1.54) is 6.42 Å². The van der Waals surface area contributed by atoms with E-state index in [1.54, 1.807) is 0 Å². The largest absolute Gasteiger partial charge is 0.341 e. The minimum absolute atomic E-state index is 0.0440. The van der Waals surface area contributed by atoms with Gasteiger partial charge in [-0.15, -0.1) is 6.58 Å². The third-order valence-electron chi connectivity index (χ3n) is 2.97. The van der Waals surface area contributed by atoms with Crippen LogP contribution in [0.1, 0.15) is 26.2 Å². The average Bonchev–Trinajstić information content (AvgIpc) is 2.38. The first-order valence-electron chi connectivity index (χ1n) is 6.46. The second-order valence-electron chi connectivity index (χ2n) is 4.43. The molecule has 1 aliphatic rings. The molecule has 1 aliphatic heterocycles. The van der Waals surface area contributed by atoms with Crippen LogP contribution in [-0.4, -0.2) is 48.0 Å². The first-order valence-corrected chi connectivity index (χ1v) is 7.62. The van der Waals surface area contributed by atoms with Crippen molar-refractivity contribution in [3.8, 4) is 0 Å². The lowest BCUT2D eigenvalue weighted by molar-refractivity contribution is -0.133. The molecule has 0 radical (unpaired) electrons. The van der Waals surface area contributed by atoms with Gasteiger partial charge in [0.05, 0.1) is 6.04 Å². The van der Waals surface area contributed by atoms with Crippen molar-refractivity contribution in [2.24, 2.45) is 0 Å². The van der Waals surface area contributed by atoms with Crippen molar-refractivity contribution in [1.29, 1.82) is 0 Å². The van der Waals surface area contributed by atoms with Crippen molar-refractivity contribution < 1.29 is 4.79 Å². The molecule has 0 bridgehead atoms. The molecule has 1 rings (SSSR count). The number of carbonyl (C=O) groups excluding carboxylic acids is 1. The fraction of sp³-hybridized carbons (Fsp3) is 0.769. The van der Waals surface area contributed by atoms with Crippen LogP contribution in [0.2, 0.25) is 0 Å². The smallest absolute Gasteiger partial charge is 0.239 e. The summed E-state index contributed by atoms with van der Waals surface area (Å²) in [4.78, 5) is 14.1. The number of piperidine rings is 1. The number of rotatable bonds is 7. The van der Waals surface area contributed by atoms with Crippen molar-refractivity contribution in [1.82, 2.24) is 10.2 Å².